The van der Waals surface area contributed by atoms with Crippen LogP contribution in [0.5, 0.6) is 34.5 Å². The predicted molar refractivity (Wildman–Crippen MR) is 172 cm³/mol. The van der Waals surface area contributed by atoms with Crippen LogP contribution in [0.4, 0.5) is 0 Å². The van der Waals surface area contributed by atoms with Crippen LogP contribution in [0, 0.1) is 0 Å². The van der Waals surface area contributed by atoms with Gasteiger partial charge < -0.3 is 57.2 Å². The Morgan fingerprint density at radius 3 is 1.98 bits per heavy atom. The minimum Gasteiger partial charge on any atom is -0.504 e. The summed E-state index contributed by atoms with van der Waals surface area (Å²) in [4.78, 5) is 53.7. The standard InChI is InChI=1S/C33H37N5O10/c34-21(12-19-4-7-25(40)28(43)15-19)31(46)37-22(13-20-5-8-26(41)29(44)16-20)32(47)36-17-30(45)38-11-1-2-23(38)33(48)35-10-9-18-3-6-24(39)27(42)14-18/h3-10,14-16,21-23,39-44H,1-2,11-13,17,34H2,(H,35,48)(H,36,47)(H,37,46)/b10-9+/t21-,22?,23-/m0/s1. The van der Waals surface area contributed by atoms with Crippen molar-refractivity contribution in [3.8, 4) is 34.5 Å². The highest BCUT2D eigenvalue weighted by molar-refractivity contribution is 5.94. The molecule has 254 valence electrons. The average molecular weight is 664 g/mol. The summed E-state index contributed by atoms with van der Waals surface area (Å²) in [6, 6.07) is 8.74. The average Bonchev–Trinajstić information content (AvgIpc) is 3.55. The number of amides is 4. The van der Waals surface area contributed by atoms with Crippen molar-refractivity contribution in [1.29, 1.82) is 0 Å². The van der Waals surface area contributed by atoms with E-state index in [0.717, 1.165) is 0 Å². The van der Waals surface area contributed by atoms with Crippen LogP contribution in [0.15, 0.2) is 60.8 Å². The molecule has 0 aliphatic carbocycles. The minimum absolute atomic E-state index is 0.0441. The van der Waals surface area contributed by atoms with Crippen LogP contribution in [0.25, 0.3) is 6.08 Å². The Labute approximate surface area is 274 Å². The summed E-state index contributed by atoms with van der Waals surface area (Å²) in [7, 11) is 0. The third-order valence-electron chi connectivity index (χ3n) is 7.74. The molecule has 1 aliphatic heterocycles. The first-order valence-electron chi connectivity index (χ1n) is 15.0. The fourth-order valence-electron chi connectivity index (χ4n) is 5.15. The third kappa shape index (κ3) is 9.07. The van der Waals surface area contributed by atoms with E-state index in [0.29, 0.717) is 29.5 Å². The van der Waals surface area contributed by atoms with Crippen LogP contribution in [0.1, 0.15) is 29.5 Å². The van der Waals surface area contributed by atoms with E-state index in [4.69, 9.17) is 5.73 Å². The summed E-state index contributed by atoms with van der Waals surface area (Å²) in [5.41, 5.74) is 7.40. The Morgan fingerprint density at radius 1 is 0.792 bits per heavy atom. The molecule has 1 unspecified atom stereocenters. The SMILES string of the molecule is N[C@@H](Cc1ccc(O)c(O)c1)C(=O)NC(Cc1ccc(O)c(O)c1)C(=O)NCC(=O)N1CCC[C@H]1C(=O)N/C=C/c1ccc(O)c(O)c1. The highest BCUT2D eigenvalue weighted by atomic mass is 16.3. The second-order valence-electron chi connectivity index (χ2n) is 11.3. The molecule has 0 spiro atoms. The molecule has 4 rings (SSSR count). The van der Waals surface area contributed by atoms with E-state index in [1.807, 2.05) is 0 Å². The number of carbonyl (C=O) groups excluding carboxylic acids is 4. The van der Waals surface area contributed by atoms with Crippen LogP contribution in [0.2, 0.25) is 0 Å². The molecule has 3 aromatic carbocycles. The van der Waals surface area contributed by atoms with Gasteiger partial charge in [0.15, 0.2) is 34.5 Å². The van der Waals surface area contributed by atoms with Crippen molar-refractivity contribution >= 4 is 29.7 Å². The van der Waals surface area contributed by atoms with Crippen molar-refractivity contribution in [1.82, 2.24) is 20.9 Å². The quantitative estimate of drug-likeness (QED) is 0.119. The maximum absolute atomic E-state index is 13.3. The number of hydrogen-bond donors (Lipinski definition) is 10. The molecule has 15 nitrogen and oxygen atoms in total. The lowest BCUT2D eigenvalue weighted by Gasteiger charge is -2.25. The van der Waals surface area contributed by atoms with Gasteiger partial charge >= 0.3 is 0 Å². The summed E-state index contributed by atoms with van der Waals surface area (Å²) in [5.74, 6) is -4.64. The largest absolute Gasteiger partial charge is 0.504 e. The van der Waals surface area contributed by atoms with Gasteiger partial charge in [0, 0.05) is 19.2 Å². The van der Waals surface area contributed by atoms with Crippen LogP contribution in [0.3, 0.4) is 0 Å². The predicted octanol–water partition coefficient (Wildman–Crippen LogP) is 0.412. The Balaban J connectivity index is 1.38. The molecule has 1 fully saturated rings. The van der Waals surface area contributed by atoms with Crippen molar-refractivity contribution in [2.24, 2.45) is 5.73 Å². The Kier molecular flexibility index (Phi) is 11.3. The molecule has 0 saturated carbocycles. The number of carbonyl (C=O) groups is 4. The molecule has 15 heteroatoms. The third-order valence-corrected chi connectivity index (χ3v) is 7.74. The van der Waals surface area contributed by atoms with Gasteiger partial charge in [0.05, 0.1) is 12.6 Å². The molecule has 1 aliphatic rings. The van der Waals surface area contributed by atoms with Crippen molar-refractivity contribution in [2.45, 2.75) is 43.8 Å². The van der Waals surface area contributed by atoms with E-state index in [1.54, 1.807) is 0 Å². The normalized spacial score (nSPS) is 15.5. The van der Waals surface area contributed by atoms with Crippen molar-refractivity contribution in [3.63, 3.8) is 0 Å². The number of nitrogens with one attached hydrogen (secondary N) is 3. The number of nitrogens with two attached hydrogens (primary N) is 1. The van der Waals surface area contributed by atoms with E-state index in [9.17, 15) is 49.8 Å². The van der Waals surface area contributed by atoms with E-state index in [-0.39, 0.29) is 42.4 Å². The summed E-state index contributed by atoms with van der Waals surface area (Å²) < 4.78 is 0. The first-order valence-corrected chi connectivity index (χ1v) is 15.0. The van der Waals surface area contributed by atoms with E-state index in [1.165, 1.54) is 71.8 Å². The Hall–Kier alpha value is -5.96. The van der Waals surface area contributed by atoms with Gasteiger partial charge in [-0.05, 0) is 78.4 Å². The van der Waals surface area contributed by atoms with E-state index < -0.39 is 59.8 Å². The molecule has 0 radical (unpaired) electrons. The molecule has 48 heavy (non-hydrogen) atoms. The molecular formula is C33H37N5O10. The molecular weight excluding hydrogens is 626 g/mol. The van der Waals surface area contributed by atoms with Crippen molar-refractivity contribution in [2.75, 3.05) is 13.1 Å². The van der Waals surface area contributed by atoms with Crippen molar-refractivity contribution in [3.05, 3.63) is 77.5 Å². The van der Waals surface area contributed by atoms with Crippen LogP contribution in [-0.2, 0) is 32.0 Å². The molecule has 3 aromatic rings. The summed E-state index contributed by atoms with van der Waals surface area (Å²) in [6.45, 7) is -0.214. The topological polar surface area (TPSA) is 255 Å². The monoisotopic (exact) mass is 663 g/mol. The number of phenols is 6. The zero-order valence-corrected chi connectivity index (χ0v) is 25.7. The van der Waals surface area contributed by atoms with Gasteiger partial charge in [0.2, 0.25) is 23.6 Å². The van der Waals surface area contributed by atoms with Gasteiger partial charge in [0.25, 0.3) is 0 Å². The first kappa shape index (κ1) is 34.9. The van der Waals surface area contributed by atoms with Crippen LogP contribution >= 0.6 is 0 Å². The maximum Gasteiger partial charge on any atom is 0.246 e. The smallest absolute Gasteiger partial charge is 0.246 e. The second kappa shape index (κ2) is 15.6. The fourth-order valence-corrected chi connectivity index (χ4v) is 5.15. The number of rotatable bonds is 12. The number of hydrogen-bond acceptors (Lipinski definition) is 11. The van der Waals surface area contributed by atoms with E-state index >= 15 is 0 Å². The summed E-state index contributed by atoms with van der Waals surface area (Å²) in [5, 5.41) is 65.6. The van der Waals surface area contributed by atoms with Gasteiger partial charge in [-0.15, -0.1) is 0 Å². The maximum atomic E-state index is 13.3. The highest BCUT2D eigenvalue weighted by Gasteiger charge is 2.34. The van der Waals surface area contributed by atoms with Crippen molar-refractivity contribution < 1.29 is 49.8 Å². The second-order valence-corrected chi connectivity index (χ2v) is 11.3. The van der Waals surface area contributed by atoms with Gasteiger partial charge in [-0.25, -0.2) is 0 Å². The van der Waals surface area contributed by atoms with Gasteiger partial charge in [-0.3, -0.25) is 19.2 Å². The number of aromatic hydroxyl groups is 6. The van der Waals surface area contributed by atoms with Gasteiger partial charge in [-0.1, -0.05) is 18.2 Å². The molecule has 4 amide bonds. The molecule has 0 aromatic heterocycles. The summed E-state index contributed by atoms with van der Waals surface area (Å²) >= 11 is 0. The lowest BCUT2D eigenvalue weighted by atomic mass is 10.0. The lowest BCUT2D eigenvalue weighted by Crippen LogP contribution is -2.54. The number of likely N-dealkylation sites (tertiary alicyclic amines) is 1. The fraction of sp³-hybridized carbons (Fsp3) is 0.273. The number of benzene rings is 3. The number of nitrogens with zero attached hydrogens (tertiary/aromatic N) is 1. The minimum atomic E-state index is -1.27. The molecule has 11 N–H and O–H groups in total. The Morgan fingerprint density at radius 2 is 1.38 bits per heavy atom. The lowest BCUT2D eigenvalue weighted by molar-refractivity contribution is -0.138. The molecule has 3 atom stereocenters. The zero-order valence-electron chi connectivity index (χ0n) is 25.7. The molecule has 1 saturated heterocycles. The molecule has 1 heterocycles. The van der Waals surface area contributed by atoms with Crippen LogP contribution < -0.4 is 21.7 Å². The molecule has 0 bridgehead atoms. The zero-order chi connectivity index (χ0) is 35.0. The summed E-state index contributed by atoms with van der Waals surface area (Å²) in [6.07, 6.45) is 3.59. The van der Waals surface area contributed by atoms with Crippen LogP contribution in [-0.4, -0.2) is 90.4 Å². The van der Waals surface area contributed by atoms with E-state index in [2.05, 4.69) is 16.0 Å². The van der Waals surface area contributed by atoms with Gasteiger partial charge in [0.1, 0.15) is 12.1 Å². The number of phenolic OH excluding ortho intramolecular Hbond substituents is 6. The van der Waals surface area contributed by atoms with Gasteiger partial charge in [-0.2, -0.15) is 0 Å². The highest BCUT2D eigenvalue weighted by Crippen LogP contribution is 2.27. The first-order chi connectivity index (χ1) is 22.8. The Bertz CT molecular complexity index is 1710.